The second-order valence-electron chi connectivity index (χ2n) is 8.14. The van der Waals surface area contributed by atoms with Crippen molar-refractivity contribution >= 4 is 29.1 Å². The summed E-state index contributed by atoms with van der Waals surface area (Å²) >= 11 is 6.13. The van der Waals surface area contributed by atoms with E-state index in [2.05, 4.69) is 15.1 Å². The van der Waals surface area contributed by atoms with Crippen molar-refractivity contribution in [2.75, 3.05) is 45.2 Å². The van der Waals surface area contributed by atoms with Gasteiger partial charge in [-0.15, -0.1) is 0 Å². The number of benzene rings is 1. The number of piperidine rings is 1. The van der Waals surface area contributed by atoms with E-state index in [0.717, 1.165) is 57.4 Å². The molecular weight excluding hydrogens is 390 g/mol. The average Bonchev–Trinajstić information content (AvgIpc) is 3.00. The SMILES string of the molecule is COc1cc(Cl)c(C)cc1NC(=O)CN1CCC(C(=O)N2CCCCCC2)CC1. The zero-order valence-electron chi connectivity index (χ0n) is 17.5. The molecule has 1 aromatic carbocycles. The highest BCUT2D eigenvalue weighted by Crippen LogP contribution is 2.31. The predicted molar refractivity (Wildman–Crippen MR) is 116 cm³/mol. The third kappa shape index (κ3) is 5.86. The van der Waals surface area contributed by atoms with Crippen LogP contribution in [0.4, 0.5) is 5.69 Å². The second-order valence-corrected chi connectivity index (χ2v) is 8.55. The van der Waals surface area contributed by atoms with Crippen molar-refractivity contribution in [3.8, 4) is 5.75 Å². The minimum Gasteiger partial charge on any atom is -0.495 e. The lowest BCUT2D eigenvalue weighted by molar-refractivity contribution is -0.137. The number of nitrogens with one attached hydrogen (secondary N) is 1. The molecule has 0 spiro atoms. The standard InChI is InChI=1S/C22H32ClN3O3/c1-16-13-19(20(29-2)14-18(16)23)24-21(27)15-25-11-7-17(8-12-25)22(28)26-9-5-3-4-6-10-26/h13-14,17H,3-12,15H2,1-2H3,(H,24,27). The van der Waals surface area contributed by atoms with Crippen LogP contribution in [0.25, 0.3) is 0 Å². The van der Waals surface area contributed by atoms with Gasteiger partial charge in [0.15, 0.2) is 0 Å². The molecule has 160 valence electrons. The minimum atomic E-state index is -0.0812. The van der Waals surface area contributed by atoms with E-state index in [0.29, 0.717) is 28.9 Å². The molecule has 2 amide bonds. The van der Waals surface area contributed by atoms with E-state index in [-0.39, 0.29) is 11.8 Å². The minimum absolute atomic E-state index is 0.0812. The number of carbonyl (C=O) groups excluding carboxylic acids is 2. The Hall–Kier alpha value is -1.79. The number of amides is 2. The van der Waals surface area contributed by atoms with Crippen LogP contribution in [-0.2, 0) is 9.59 Å². The molecule has 0 bridgehead atoms. The smallest absolute Gasteiger partial charge is 0.238 e. The molecule has 6 nitrogen and oxygen atoms in total. The molecule has 2 fully saturated rings. The Kier molecular flexibility index (Phi) is 7.78. The van der Waals surface area contributed by atoms with Crippen LogP contribution in [0.5, 0.6) is 5.75 Å². The molecule has 1 aromatic rings. The molecule has 3 rings (SSSR count). The Bertz CT molecular complexity index is 724. The van der Waals surface area contributed by atoms with Crippen LogP contribution in [0, 0.1) is 12.8 Å². The number of carbonyl (C=O) groups is 2. The van der Waals surface area contributed by atoms with Crippen LogP contribution < -0.4 is 10.1 Å². The molecule has 0 aromatic heterocycles. The fourth-order valence-corrected chi connectivity index (χ4v) is 4.36. The average molecular weight is 422 g/mol. The van der Waals surface area contributed by atoms with E-state index in [1.54, 1.807) is 13.2 Å². The van der Waals surface area contributed by atoms with E-state index in [4.69, 9.17) is 16.3 Å². The first-order valence-electron chi connectivity index (χ1n) is 10.6. The van der Waals surface area contributed by atoms with Crippen LogP contribution >= 0.6 is 11.6 Å². The van der Waals surface area contributed by atoms with Gasteiger partial charge in [0.2, 0.25) is 11.8 Å². The summed E-state index contributed by atoms with van der Waals surface area (Å²) in [4.78, 5) is 29.5. The number of anilines is 1. The summed E-state index contributed by atoms with van der Waals surface area (Å²) in [6.07, 6.45) is 6.36. The Morgan fingerprint density at radius 2 is 1.76 bits per heavy atom. The quantitative estimate of drug-likeness (QED) is 0.787. The zero-order valence-corrected chi connectivity index (χ0v) is 18.3. The van der Waals surface area contributed by atoms with Crippen molar-refractivity contribution in [3.63, 3.8) is 0 Å². The molecular formula is C22H32ClN3O3. The number of hydrogen-bond acceptors (Lipinski definition) is 4. The summed E-state index contributed by atoms with van der Waals surface area (Å²) in [7, 11) is 1.56. The van der Waals surface area contributed by atoms with Gasteiger partial charge in [-0.05, 0) is 57.3 Å². The van der Waals surface area contributed by atoms with Gasteiger partial charge in [-0.3, -0.25) is 14.5 Å². The zero-order chi connectivity index (χ0) is 20.8. The van der Waals surface area contributed by atoms with E-state index >= 15 is 0 Å². The largest absolute Gasteiger partial charge is 0.495 e. The summed E-state index contributed by atoms with van der Waals surface area (Å²) in [6, 6.07) is 3.54. The summed E-state index contributed by atoms with van der Waals surface area (Å²) in [5, 5.41) is 3.54. The fraction of sp³-hybridized carbons (Fsp3) is 0.636. The first-order chi connectivity index (χ1) is 14.0. The molecule has 0 unspecified atom stereocenters. The Morgan fingerprint density at radius 1 is 1.10 bits per heavy atom. The van der Waals surface area contributed by atoms with E-state index in [1.807, 2.05) is 13.0 Å². The van der Waals surface area contributed by atoms with Crippen LogP contribution in [0.2, 0.25) is 5.02 Å². The van der Waals surface area contributed by atoms with Crippen LogP contribution in [0.3, 0.4) is 0 Å². The van der Waals surface area contributed by atoms with E-state index in [9.17, 15) is 9.59 Å². The van der Waals surface area contributed by atoms with Crippen LogP contribution in [0.1, 0.15) is 44.1 Å². The summed E-state index contributed by atoms with van der Waals surface area (Å²) < 4.78 is 5.32. The lowest BCUT2D eigenvalue weighted by atomic mass is 9.95. The number of likely N-dealkylation sites (tertiary alicyclic amines) is 2. The van der Waals surface area contributed by atoms with E-state index < -0.39 is 0 Å². The number of rotatable bonds is 5. The van der Waals surface area contributed by atoms with Gasteiger partial charge in [-0.1, -0.05) is 24.4 Å². The fourth-order valence-electron chi connectivity index (χ4n) is 4.21. The number of nitrogens with zero attached hydrogens (tertiary/aromatic N) is 2. The molecule has 7 heteroatoms. The van der Waals surface area contributed by atoms with Gasteiger partial charge in [-0.2, -0.15) is 0 Å². The Labute approximate surface area is 178 Å². The van der Waals surface area contributed by atoms with Crippen molar-refractivity contribution in [2.45, 2.75) is 45.4 Å². The first kappa shape index (κ1) is 21.9. The summed E-state index contributed by atoms with van der Waals surface area (Å²) in [5.41, 5.74) is 1.52. The lowest BCUT2D eigenvalue weighted by Crippen LogP contribution is -2.44. The monoisotopic (exact) mass is 421 g/mol. The maximum absolute atomic E-state index is 12.8. The Balaban J connectivity index is 1.48. The molecule has 0 radical (unpaired) electrons. The third-order valence-corrected chi connectivity index (χ3v) is 6.38. The summed E-state index contributed by atoms with van der Waals surface area (Å²) in [6.45, 7) is 5.56. The van der Waals surface area contributed by atoms with Gasteiger partial charge in [0.25, 0.3) is 0 Å². The highest BCUT2D eigenvalue weighted by molar-refractivity contribution is 6.31. The maximum atomic E-state index is 12.8. The second kappa shape index (κ2) is 10.3. The molecule has 2 saturated heterocycles. The molecule has 0 atom stereocenters. The summed E-state index contributed by atoms with van der Waals surface area (Å²) in [5.74, 6) is 0.891. The Morgan fingerprint density at radius 3 is 2.38 bits per heavy atom. The highest BCUT2D eigenvalue weighted by atomic mass is 35.5. The molecule has 0 saturated carbocycles. The molecule has 0 aliphatic carbocycles. The maximum Gasteiger partial charge on any atom is 0.238 e. The van der Waals surface area contributed by atoms with Crippen molar-refractivity contribution in [1.29, 1.82) is 0 Å². The van der Waals surface area contributed by atoms with Crippen LogP contribution in [0.15, 0.2) is 12.1 Å². The molecule has 2 heterocycles. The normalized spacial score (nSPS) is 18.9. The number of aryl methyl sites for hydroxylation is 1. The third-order valence-electron chi connectivity index (χ3n) is 5.98. The van der Waals surface area contributed by atoms with Crippen molar-refractivity contribution < 1.29 is 14.3 Å². The molecule has 2 aliphatic rings. The first-order valence-corrected chi connectivity index (χ1v) is 11.0. The van der Waals surface area contributed by atoms with Gasteiger partial charge in [0, 0.05) is 30.1 Å². The number of ether oxygens (including phenoxy) is 1. The van der Waals surface area contributed by atoms with Crippen molar-refractivity contribution in [1.82, 2.24) is 9.80 Å². The molecule has 29 heavy (non-hydrogen) atoms. The number of hydrogen-bond donors (Lipinski definition) is 1. The number of halogens is 1. The molecule has 1 N–H and O–H groups in total. The van der Waals surface area contributed by atoms with Gasteiger partial charge >= 0.3 is 0 Å². The number of methoxy groups -OCH3 is 1. The van der Waals surface area contributed by atoms with E-state index in [1.165, 1.54) is 12.8 Å². The lowest BCUT2D eigenvalue weighted by Gasteiger charge is -2.33. The van der Waals surface area contributed by atoms with Gasteiger partial charge in [0.05, 0.1) is 19.3 Å². The topological polar surface area (TPSA) is 61.9 Å². The molecule has 2 aliphatic heterocycles. The highest BCUT2D eigenvalue weighted by Gasteiger charge is 2.29. The van der Waals surface area contributed by atoms with Gasteiger partial charge < -0.3 is 15.0 Å². The van der Waals surface area contributed by atoms with Crippen molar-refractivity contribution in [2.24, 2.45) is 5.92 Å². The van der Waals surface area contributed by atoms with Gasteiger partial charge in [0.1, 0.15) is 5.75 Å². The van der Waals surface area contributed by atoms with Crippen LogP contribution in [-0.4, -0.2) is 61.4 Å². The van der Waals surface area contributed by atoms with Crippen molar-refractivity contribution in [3.05, 3.63) is 22.7 Å². The predicted octanol–water partition coefficient (Wildman–Crippen LogP) is 3.71. The van der Waals surface area contributed by atoms with Gasteiger partial charge in [-0.25, -0.2) is 0 Å².